The minimum absolute atomic E-state index is 0.303. The van der Waals surface area contributed by atoms with E-state index in [1.807, 2.05) is 13.8 Å². The van der Waals surface area contributed by atoms with Gasteiger partial charge in [0, 0.05) is 13.0 Å². The molecule has 0 spiro atoms. The third-order valence-electron chi connectivity index (χ3n) is 1.64. The third-order valence-corrected chi connectivity index (χ3v) is 1.64. The van der Waals surface area contributed by atoms with Crippen molar-refractivity contribution in [1.82, 2.24) is 0 Å². The van der Waals surface area contributed by atoms with E-state index < -0.39 is 5.97 Å². The highest BCUT2D eigenvalue weighted by Crippen LogP contribution is 2.01. The normalized spacial score (nSPS) is 9.93. The van der Waals surface area contributed by atoms with Gasteiger partial charge in [0.05, 0.1) is 0 Å². The number of rotatable bonds is 5. The number of carbonyl (C=O) groups is 1. The molecule has 0 heterocycles. The number of carboxylic acid groups (broad SMARTS) is 1. The van der Waals surface area contributed by atoms with E-state index in [0.717, 1.165) is 12.8 Å². The van der Waals surface area contributed by atoms with Crippen LogP contribution in [0.1, 0.15) is 47.0 Å². The second-order valence-electron chi connectivity index (χ2n) is 4.23. The highest BCUT2D eigenvalue weighted by atomic mass is 16.4. The predicted octanol–water partition coefficient (Wildman–Crippen LogP) is 2.53. The summed E-state index contributed by atoms with van der Waals surface area (Å²) in [6.45, 7) is 8.55. The lowest BCUT2D eigenvalue weighted by Crippen LogP contribution is -1.97. The minimum atomic E-state index is -0.696. The van der Waals surface area contributed by atoms with Gasteiger partial charge in [-0.3, -0.25) is 4.79 Å². The van der Waals surface area contributed by atoms with E-state index in [1.54, 1.807) is 0 Å². The van der Waals surface area contributed by atoms with Gasteiger partial charge in [0.2, 0.25) is 0 Å². The van der Waals surface area contributed by atoms with Crippen molar-refractivity contribution < 1.29 is 15.0 Å². The number of hydrogen-bond donors (Lipinski definition) is 2. The van der Waals surface area contributed by atoms with Crippen molar-refractivity contribution >= 4 is 5.97 Å². The fourth-order valence-electron chi connectivity index (χ4n) is 0.670. The molecule has 86 valence electrons. The number of aliphatic hydroxyl groups is 1. The van der Waals surface area contributed by atoms with E-state index in [4.69, 9.17) is 10.2 Å². The van der Waals surface area contributed by atoms with Gasteiger partial charge in [-0.15, -0.1) is 0 Å². The molecule has 0 radical (unpaired) electrons. The standard InChI is InChI=1S/C6H12O2.C5H12O/c1-5(2)3-4-6(7)8;1-5(2)3-4-6/h5H,3-4H2,1-2H3,(H,7,8);5-6H,3-4H2,1-2H3. The zero-order valence-corrected chi connectivity index (χ0v) is 9.79. The average molecular weight is 204 g/mol. The highest BCUT2D eigenvalue weighted by molar-refractivity contribution is 5.66. The molecule has 0 rings (SSSR count). The van der Waals surface area contributed by atoms with Gasteiger partial charge in [0.1, 0.15) is 0 Å². The number of hydrogen-bond acceptors (Lipinski definition) is 2. The predicted molar refractivity (Wildman–Crippen MR) is 58.2 cm³/mol. The fourth-order valence-corrected chi connectivity index (χ4v) is 0.670. The molecule has 0 bridgehead atoms. The monoisotopic (exact) mass is 204 g/mol. The van der Waals surface area contributed by atoms with Crippen molar-refractivity contribution in [3.63, 3.8) is 0 Å². The summed E-state index contributed by atoms with van der Waals surface area (Å²) >= 11 is 0. The topological polar surface area (TPSA) is 57.5 Å². The second kappa shape index (κ2) is 10.5. The van der Waals surface area contributed by atoms with E-state index in [2.05, 4.69) is 13.8 Å². The van der Waals surface area contributed by atoms with Crippen molar-refractivity contribution in [2.45, 2.75) is 47.0 Å². The molecule has 0 aliphatic carbocycles. The van der Waals surface area contributed by atoms with Crippen LogP contribution in [0, 0.1) is 11.8 Å². The lowest BCUT2D eigenvalue weighted by atomic mass is 10.1. The number of carboxylic acids is 1. The molecule has 0 saturated carbocycles. The maximum absolute atomic E-state index is 9.90. The zero-order chi connectivity index (χ0) is 11.6. The summed E-state index contributed by atoms with van der Waals surface area (Å²) in [6, 6.07) is 0. The minimum Gasteiger partial charge on any atom is -0.481 e. The summed E-state index contributed by atoms with van der Waals surface area (Å²) in [5.74, 6) is 0.458. The average Bonchev–Trinajstić information content (AvgIpc) is 2.01. The zero-order valence-electron chi connectivity index (χ0n) is 9.79. The Balaban J connectivity index is 0. The smallest absolute Gasteiger partial charge is 0.303 e. The van der Waals surface area contributed by atoms with Crippen molar-refractivity contribution in [1.29, 1.82) is 0 Å². The van der Waals surface area contributed by atoms with E-state index in [1.165, 1.54) is 0 Å². The van der Waals surface area contributed by atoms with Crippen molar-refractivity contribution in [3.8, 4) is 0 Å². The molecule has 0 saturated heterocycles. The first-order valence-corrected chi connectivity index (χ1v) is 5.22. The molecule has 2 N–H and O–H groups in total. The molecule has 0 aliphatic heterocycles. The summed E-state index contributed by atoms with van der Waals surface area (Å²) in [4.78, 5) is 9.90. The van der Waals surface area contributed by atoms with Crippen LogP contribution in [0.15, 0.2) is 0 Å². The van der Waals surface area contributed by atoms with Gasteiger partial charge >= 0.3 is 5.97 Å². The van der Waals surface area contributed by atoms with Gasteiger partial charge < -0.3 is 10.2 Å². The summed E-state index contributed by atoms with van der Waals surface area (Å²) in [5.41, 5.74) is 0. The van der Waals surface area contributed by atoms with Gasteiger partial charge in [0.15, 0.2) is 0 Å². The van der Waals surface area contributed by atoms with Crippen LogP contribution in [0.5, 0.6) is 0 Å². The first-order chi connectivity index (χ1) is 6.40. The highest BCUT2D eigenvalue weighted by Gasteiger charge is 1.97. The summed E-state index contributed by atoms with van der Waals surface area (Å²) < 4.78 is 0. The molecule has 0 aromatic heterocycles. The van der Waals surface area contributed by atoms with Crippen LogP contribution in [0.4, 0.5) is 0 Å². The van der Waals surface area contributed by atoms with Gasteiger partial charge in [-0.2, -0.15) is 0 Å². The van der Waals surface area contributed by atoms with Gasteiger partial charge in [0.25, 0.3) is 0 Å². The molecular weight excluding hydrogens is 180 g/mol. The Hall–Kier alpha value is -0.570. The quantitative estimate of drug-likeness (QED) is 0.723. The molecule has 3 nitrogen and oxygen atoms in total. The maximum Gasteiger partial charge on any atom is 0.303 e. The van der Waals surface area contributed by atoms with Crippen LogP contribution in [0.25, 0.3) is 0 Å². The van der Waals surface area contributed by atoms with Crippen LogP contribution in [-0.4, -0.2) is 22.8 Å². The van der Waals surface area contributed by atoms with Crippen LogP contribution < -0.4 is 0 Å². The van der Waals surface area contributed by atoms with Crippen LogP contribution >= 0.6 is 0 Å². The molecule has 3 heteroatoms. The number of aliphatic carboxylic acids is 1. The SMILES string of the molecule is CC(C)CCC(=O)O.CC(C)CCO. The molecule has 0 unspecified atom stereocenters. The molecule has 0 aromatic carbocycles. The first kappa shape index (κ1) is 15.9. The van der Waals surface area contributed by atoms with Gasteiger partial charge in [-0.1, -0.05) is 27.7 Å². The summed E-state index contributed by atoms with van der Waals surface area (Å²) in [7, 11) is 0. The summed E-state index contributed by atoms with van der Waals surface area (Å²) in [6.07, 6.45) is 2.02. The molecule has 0 aromatic rings. The third kappa shape index (κ3) is 22.5. The molecule has 0 fully saturated rings. The maximum atomic E-state index is 9.90. The van der Waals surface area contributed by atoms with Crippen LogP contribution in [0.3, 0.4) is 0 Å². The number of aliphatic hydroxyl groups excluding tert-OH is 1. The van der Waals surface area contributed by atoms with E-state index in [-0.39, 0.29) is 0 Å². The van der Waals surface area contributed by atoms with Crippen LogP contribution in [0.2, 0.25) is 0 Å². The first-order valence-electron chi connectivity index (χ1n) is 5.22. The Morgan fingerprint density at radius 2 is 1.50 bits per heavy atom. The van der Waals surface area contributed by atoms with Crippen molar-refractivity contribution in [3.05, 3.63) is 0 Å². The Morgan fingerprint density at radius 1 is 1.07 bits per heavy atom. The van der Waals surface area contributed by atoms with Crippen molar-refractivity contribution in [2.75, 3.05) is 6.61 Å². The molecule has 0 aliphatic rings. The Labute approximate surface area is 87.1 Å². The van der Waals surface area contributed by atoms with E-state index in [9.17, 15) is 4.79 Å². The van der Waals surface area contributed by atoms with Gasteiger partial charge in [-0.05, 0) is 24.7 Å². The fraction of sp³-hybridized carbons (Fsp3) is 0.909. The van der Waals surface area contributed by atoms with Gasteiger partial charge in [-0.25, -0.2) is 0 Å². The molecular formula is C11H24O3. The second-order valence-corrected chi connectivity index (χ2v) is 4.23. The van der Waals surface area contributed by atoms with E-state index in [0.29, 0.717) is 24.9 Å². The lowest BCUT2D eigenvalue weighted by molar-refractivity contribution is -0.137. The van der Waals surface area contributed by atoms with Crippen LogP contribution in [-0.2, 0) is 4.79 Å². The molecule has 0 amide bonds. The van der Waals surface area contributed by atoms with E-state index >= 15 is 0 Å². The Kier molecular flexibility index (Phi) is 11.9. The largest absolute Gasteiger partial charge is 0.481 e. The lowest BCUT2D eigenvalue weighted by Gasteiger charge is -1.97. The summed E-state index contributed by atoms with van der Waals surface area (Å²) in [5, 5.41) is 16.4. The molecule has 14 heavy (non-hydrogen) atoms. The Bertz CT molecular complexity index is 130. The Morgan fingerprint density at radius 3 is 1.57 bits per heavy atom. The molecule has 0 atom stereocenters. The van der Waals surface area contributed by atoms with Crippen molar-refractivity contribution in [2.24, 2.45) is 11.8 Å².